The number of nitrogens with zero attached hydrogens (tertiary/aromatic N) is 4. The highest BCUT2D eigenvalue weighted by Crippen LogP contribution is 2.22. The molecule has 0 spiro atoms. The van der Waals surface area contributed by atoms with Gasteiger partial charge in [0.05, 0.1) is 24.2 Å². The van der Waals surface area contributed by atoms with Crippen LogP contribution in [0.4, 0.5) is 0 Å². The van der Waals surface area contributed by atoms with Crippen molar-refractivity contribution in [2.75, 3.05) is 0 Å². The van der Waals surface area contributed by atoms with Crippen LogP contribution < -0.4 is 5.32 Å². The first-order valence-corrected chi connectivity index (χ1v) is 9.99. The smallest absolute Gasteiger partial charge is 0.225 e. The van der Waals surface area contributed by atoms with Crippen LogP contribution in [-0.4, -0.2) is 25.7 Å². The van der Waals surface area contributed by atoms with Crippen LogP contribution in [0.5, 0.6) is 0 Å². The lowest BCUT2D eigenvalue weighted by molar-refractivity contribution is -0.125. The van der Waals surface area contributed by atoms with E-state index in [0.717, 1.165) is 29.3 Å². The number of carbonyl (C=O) groups is 1. The SMILES string of the molecule is Cc1nc(C)n(C[C@@H](C)C(=O)N[C@@H](Cc2ccsc2)c2ncccc2C)n1. The van der Waals surface area contributed by atoms with Crippen molar-refractivity contribution in [3.05, 3.63) is 63.6 Å². The van der Waals surface area contributed by atoms with Gasteiger partial charge in [-0.2, -0.15) is 16.4 Å². The van der Waals surface area contributed by atoms with Crippen LogP contribution in [0.1, 0.15) is 41.4 Å². The van der Waals surface area contributed by atoms with Crippen LogP contribution in [0.3, 0.4) is 0 Å². The van der Waals surface area contributed by atoms with E-state index in [1.165, 1.54) is 5.56 Å². The maximum Gasteiger partial charge on any atom is 0.225 e. The van der Waals surface area contributed by atoms with Crippen LogP contribution in [-0.2, 0) is 17.8 Å². The molecule has 0 fully saturated rings. The normalized spacial score (nSPS) is 13.3. The van der Waals surface area contributed by atoms with Crippen molar-refractivity contribution in [2.45, 2.75) is 46.7 Å². The Hall–Kier alpha value is -2.54. The number of aryl methyl sites for hydroxylation is 3. The molecule has 0 aliphatic carbocycles. The first-order valence-electron chi connectivity index (χ1n) is 9.05. The maximum absolute atomic E-state index is 12.9. The number of hydrogen-bond acceptors (Lipinski definition) is 5. The highest BCUT2D eigenvalue weighted by atomic mass is 32.1. The van der Waals surface area contributed by atoms with E-state index >= 15 is 0 Å². The molecule has 0 saturated carbocycles. The van der Waals surface area contributed by atoms with Gasteiger partial charge in [0.2, 0.25) is 5.91 Å². The number of thiophene rings is 1. The largest absolute Gasteiger partial charge is 0.347 e. The molecule has 0 radical (unpaired) electrons. The summed E-state index contributed by atoms with van der Waals surface area (Å²) in [5, 5.41) is 11.7. The van der Waals surface area contributed by atoms with E-state index < -0.39 is 0 Å². The molecule has 2 atom stereocenters. The number of amides is 1. The molecule has 0 bridgehead atoms. The number of nitrogens with one attached hydrogen (secondary N) is 1. The van der Waals surface area contributed by atoms with Gasteiger partial charge >= 0.3 is 0 Å². The summed E-state index contributed by atoms with van der Waals surface area (Å²) in [6.45, 7) is 8.21. The van der Waals surface area contributed by atoms with E-state index in [4.69, 9.17) is 0 Å². The second kappa shape index (κ2) is 8.43. The van der Waals surface area contributed by atoms with Gasteiger partial charge in [-0.25, -0.2) is 9.67 Å². The van der Waals surface area contributed by atoms with E-state index in [-0.39, 0.29) is 17.9 Å². The Morgan fingerprint density at radius 3 is 2.74 bits per heavy atom. The summed E-state index contributed by atoms with van der Waals surface area (Å²) >= 11 is 1.66. The molecule has 7 heteroatoms. The summed E-state index contributed by atoms with van der Waals surface area (Å²) in [4.78, 5) is 21.7. The molecule has 3 heterocycles. The summed E-state index contributed by atoms with van der Waals surface area (Å²) < 4.78 is 1.79. The zero-order valence-corrected chi connectivity index (χ0v) is 17.0. The molecular formula is C20H25N5OS. The van der Waals surface area contributed by atoms with Gasteiger partial charge in [0.1, 0.15) is 11.6 Å². The predicted octanol–water partition coefficient (Wildman–Crippen LogP) is 3.40. The van der Waals surface area contributed by atoms with Gasteiger partial charge in [-0.1, -0.05) is 13.0 Å². The van der Waals surface area contributed by atoms with Crippen molar-refractivity contribution in [1.29, 1.82) is 0 Å². The molecule has 0 aliphatic rings. The zero-order chi connectivity index (χ0) is 19.4. The van der Waals surface area contributed by atoms with Crippen LogP contribution in [0, 0.1) is 26.7 Å². The van der Waals surface area contributed by atoms with Crippen molar-refractivity contribution in [3.8, 4) is 0 Å². The van der Waals surface area contributed by atoms with E-state index in [1.54, 1.807) is 22.2 Å². The number of aromatic nitrogens is 4. The Kier molecular flexibility index (Phi) is 6.01. The third kappa shape index (κ3) is 4.80. The molecule has 1 N–H and O–H groups in total. The van der Waals surface area contributed by atoms with E-state index in [1.807, 2.05) is 39.8 Å². The van der Waals surface area contributed by atoms with E-state index in [0.29, 0.717) is 6.54 Å². The van der Waals surface area contributed by atoms with Gasteiger partial charge in [0.25, 0.3) is 0 Å². The molecule has 142 valence electrons. The van der Waals surface area contributed by atoms with Crippen LogP contribution in [0.2, 0.25) is 0 Å². The summed E-state index contributed by atoms with van der Waals surface area (Å²) in [5.74, 6) is 1.31. The van der Waals surface area contributed by atoms with Crippen LogP contribution >= 0.6 is 11.3 Å². The van der Waals surface area contributed by atoms with Gasteiger partial charge in [-0.15, -0.1) is 0 Å². The molecule has 27 heavy (non-hydrogen) atoms. The lowest BCUT2D eigenvalue weighted by Crippen LogP contribution is -2.36. The van der Waals surface area contributed by atoms with Crippen molar-refractivity contribution in [2.24, 2.45) is 5.92 Å². The lowest BCUT2D eigenvalue weighted by atomic mass is 10.0. The fraction of sp³-hybridized carbons (Fsp3) is 0.400. The van der Waals surface area contributed by atoms with Gasteiger partial charge in [0.15, 0.2) is 0 Å². The Morgan fingerprint density at radius 1 is 1.30 bits per heavy atom. The quantitative estimate of drug-likeness (QED) is 0.679. The molecule has 6 nitrogen and oxygen atoms in total. The Bertz CT molecular complexity index is 903. The first kappa shape index (κ1) is 19.2. The number of hydrogen-bond donors (Lipinski definition) is 1. The average Bonchev–Trinajstić information content (AvgIpc) is 3.24. The minimum absolute atomic E-state index is 0.00663. The second-order valence-corrected chi connectivity index (χ2v) is 7.67. The summed E-state index contributed by atoms with van der Waals surface area (Å²) in [6.07, 6.45) is 2.50. The molecule has 3 aromatic rings. The molecule has 0 aliphatic heterocycles. The summed E-state index contributed by atoms with van der Waals surface area (Å²) in [5.41, 5.74) is 3.19. The maximum atomic E-state index is 12.9. The van der Waals surface area contributed by atoms with Crippen molar-refractivity contribution >= 4 is 17.2 Å². The minimum atomic E-state index is -0.223. The molecule has 3 aromatic heterocycles. The van der Waals surface area contributed by atoms with Crippen molar-refractivity contribution in [3.63, 3.8) is 0 Å². The molecule has 3 rings (SSSR count). The minimum Gasteiger partial charge on any atom is -0.347 e. The summed E-state index contributed by atoms with van der Waals surface area (Å²) in [6, 6.07) is 5.88. The number of carbonyl (C=O) groups excluding carboxylic acids is 1. The standard InChI is InChI=1S/C20H25N5OS/c1-13-6-5-8-21-19(13)18(10-17-7-9-27-12-17)23-20(26)14(2)11-25-16(4)22-15(3)24-25/h5-9,12,14,18H,10-11H2,1-4H3,(H,23,26)/t14-,18+/m1/s1. The third-order valence-electron chi connectivity index (χ3n) is 4.57. The Morgan fingerprint density at radius 2 is 2.11 bits per heavy atom. The van der Waals surface area contributed by atoms with Crippen molar-refractivity contribution < 1.29 is 4.79 Å². The molecule has 0 unspecified atom stereocenters. The Balaban J connectivity index is 1.75. The Labute approximate surface area is 163 Å². The first-order chi connectivity index (χ1) is 12.9. The van der Waals surface area contributed by atoms with Crippen LogP contribution in [0.15, 0.2) is 35.2 Å². The summed E-state index contributed by atoms with van der Waals surface area (Å²) in [7, 11) is 0. The second-order valence-electron chi connectivity index (χ2n) is 6.89. The van der Waals surface area contributed by atoms with Gasteiger partial charge in [-0.05, 0) is 61.2 Å². The van der Waals surface area contributed by atoms with Crippen LogP contribution in [0.25, 0.3) is 0 Å². The zero-order valence-electron chi connectivity index (χ0n) is 16.1. The highest BCUT2D eigenvalue weighted by molar-refractivity contribution is 7.07. The fourth-order valence-electron chi connectivity index (χ4n) is 3.11. The van der Waals surface area contributed by atoms with Gasteiger partial charge in [-0.3, -0.25) is 9.78 Å². The fourth-order valence-corrected chi connectivity index (χ4v) is 3.80. The molecule has 0 aromatic carbocycles. The topological polar surface area (TPSA) is 72.7 Å². The average molecular weight is 384 g/mol. The predicted molar refractivity (Wildman–Crippen MR) is 107 cm³/mol. The molecular weight excluding hydrogens is 358 g/mol. The van der Waals surface area contributed by atoms with Gasteiger partial charge < -0.3 is 5.32 Å². The van der Waals surface area contributed by atoms with Crippen molar-refractivity contribution in [1.82, 2.24) is 25.1 Å². The van der Waals surface area contributed by atoms with E-state index in [2.05, 4.69) is 37.2 Å². The lowest BCUT2D eigenvalue weighted by Gasteiger charge is -2.22. The van der Waals surface area contributed by atoms with E-state index in [9.17, 15) is 4.79 Å². The third-order valence-corrected chi connectivity index (χ3v) is 5.31. The number of rotatable bonds is 7. The molecule has 0 saturated heterocycles. The monoisotopic (exact) mass is 383 g/mol. The highest BCUT2D eigenvalue weighted by Gasteiger charge is 2.23. The molecule has 1 amide bonds. The van der Waals surface area contributed by atoms with Gasteiger partial charge in [0, 0.05) is 6.20 Å². The number of pyridine rings is 1.